The first-order chi connectivity index (χ1) is 8.24. The van der Waals surface area contributed by atoms with E-state index in [0.29, 0.717) is 0 Å². The minimum atomic E-state index is 0.132. The third kappa shape index (κ3) is 1.93. The van der Waals surface area contributed by atoms with Crippen LogP contribution in [0.1, 0.15) is 24.8 Å². The zero-order valence-electron chi connectivity index (χ0n) is 9.69. The number of nitrogens with zero attached hydrogens (tertiary/aromatic N) is 1. The van der Waals surface area contributed by atoms with Crippen LogP contribution in [0.5, 0.6) is 0 Å². The average Bonchev–Trinajstić information content (AvgIpc) is 2.58. The number of nitrogens with one attached hydrogen (secondary N) is 1. The molecule has 0 radical (unpaired) electrons. The van der Waals surface area contributed by atoms with Gasteiger partial charge in [0.2, 0.25) is 5.91 Å². The van der Waals surface area contributed by atoms with Gasteiger partial charge in [0.1, 0.15) is 0 Å². The lowest BCUT2D eigenvalue weighted by molar-refractivity contribution is -0.122. The Labute approximate surface area is 104 Å². The highest BCUT2D eigenvalue weighted by atomic mass is 32.1. The van der Waals surface area contributed by atoms with Gasteiger partial charge in [-0.3, -0.25) is 4.79 Å². The normalized spacial score (nSPS) is 15.8. The summed E-state index contributed by atoms with van der Waals surface area (Å²) in [5.74, 6) is 0.344. The maximum Gasteiger partial charge on any atom is 0.229 e. The number of aryl methyl sites for hydroxylation is 1. The van der Waals surface area contributed by atoms with E-state index in [1.807, 2.05) is 25.1 Å². The van der Waals surface area contributed by atoms with E-state index in [2.05, 4.69) is 10.3 Å². The topological polar surface area (TPSA) is 42.0 Å². The fraction of sp³-hybridized carbons (Fsp3) is 0.385. The van der Waals surface area contributed by atoms with Crippen LogP contribution in [0.25, 0.3) is 10.2 Å². The smallest absolute Gasteiger partial charge is 0.229 e. The quantitative estimate of drug-likeness (QED) is 0.883. The number of carbonyl (C=O) groups is 1. The van der Waals surface area contributed by atoms with Crippen molar-refractivity contribution in [2.24, 2.45) is 5.92 Å². The van der Waals surface area contributed by atoms with Gasteiger partial charge in [0.05, 0.1) is 10.2 Å². The SMILES string of the molecule is Cc1cccc2sc(NC(=O)C3CCC3)nc12. The summed E-state index contributed by atoms with van der Waals surface area (Å²) in [7, 11) is 0. The number of benzene rings is 1. The van der Waals surface area contributed by atoms with Crippen LogP contribution in [0.3, 0.4) is 0 Å². The van der Waals surface area contributed by atoms with Crippen LogP contribution >= 0.6 is 11.3 Å². The Morgan fingerprint density at radius 2 is 2.29 bits per heavy atom. The van der Waals surface area contributed by atoms with Crippen LogP contribution in [0, 0.1) is 12.8 Å². The minimum absolute atomic E-state index is 0.132. The first kappa shape index (κ1) is 10.7. The van der Waals surface area contributed by atoms with Crippen LogP contribution < -0.4 is 5.32 Å². The number of thiazole rings is 1. The molecule has 0 aliphatic heterocycles. The molecule has 1 fully saturated rings. The van der Waals surface area contributed by atoms with Crippen molar-refractivity contribution in [3.05, 3.63) is 23.8 Å². The summed E-state index contributed by atoms with van der Waals surface area (Å²) in [5.41, 5.74) is 2.16. The summed E-state index contributed by atoms with van der Waals surface area (Å²) in [4.78, 5) is 16.3. The predicted molar refractivity (Wildman–Crippen MR) is 70.3 cm³/mol. The van der Waals surface area contributed by atoms with Crippen molar-refractivity contribution in [3.63, 3.8) is 0 Å². The van der Waals surface area contributed by atoms with Crippen molar-refractivity contribution in [2.75, 3.05) is 5.32 Å². The Kier molecular flexibility index (Phi) is 2.59. The van der Waals surface area contributed by atoms with Gasteiger partial charge in [0, 0.05) is 5.92 Å². The highest BCUT2D eigenvalue weighted by Gasteiger charge is 2.25. The lowest BCUT2D eigenvalue weighted by atomic mass is 9.85. The Morgan fingerprint density at radius 3 is 2.94 bits per heavy atom. The summed E-state index contributed by atoms with van der Waals surface area (Å²) in [5, 5.41) is 3.66. The fourth-order valence-electron chi connectivity index (χ4n) is 2.02. The third-order valence-corrected chi connectivity index (χ3v) is 4.26. The van der Waals surface area contributed by atoms with Crippen molar-refractivity contribution in [1.29, 1.82) is 0 Å². The molecule has 2 aromatic rings. The van der Waals surface area contributed by atoms with Gasteiger partial charge in [-0.1, -0.05) is 29.9 Å². The van der Waals surface area contributed by atoms with Crippen LogP contribution in [0.4, 0.5) is 5.13 Å². The lowest BCUT2D eigenvalue weighted by Crippen LogP contribution is -2.27. The number of fused-ring (bicyclic) bond motifs is 1. The lowest BCUT2D eigenvalue weighted by Gasteiger charge is -2.23. The van der Waals surface area contributed by atoms with E-state index < -0.39 is 0 Å². The Bertz CT molecular complexity index is 572. The van der Waals surface area contributed by atoms with E-state index in [1.165, 1.54) is 6.42 Å². The number of amides is 1. The molecule has 4 heteroatoms. The number of anilines is 1. The van der Waals surface area contributed by atoms with E-state index in [4.69, 9.17) is 0 Å². The first-order valence-corrected chi connectivity index (χ1v) is 6.73. The van der Waals surface area contributed by atoms with Crippen molar-refractivity contribution >= 4 is 32.6 Å². The first-order valence-electron chi connectivity index (χ1n) is 5.91. The molecule has 1 heterocycles. The molecule has 1 aliphatic carbocycles. The second kappa shape index (κ2) is 4.11. The van der Waals surface area contributed by atoms with Crippen molar-refractivity contribution in [2.45, 2.75) is 26.2 Å². The highest BCUT2D eigenvalue weighted by molar-refractivity contribution is 7.22. The molecular formula is C13H14N2OS. The number of rotatable bonds is 2. The van der Waals surface area contributed by atoms with E-state index in [9.17, 15) is 4.79 Å². The molecule has 1 aromatic heterocycles. The summed E-state index contributed by atoms with van der Waals surface area (Å²) < 4.78 is 1.13. The molecule has 1 N–H and O–H groups in total. The molecule has 1 amide bonds. The Hall–Kier alpha value is -1.42. The van der Waals surface area contributed by atoms with Gasteiger partial charge in [-0.25, -0.2) is 4.98 Å². The number of hydrogen-bond donors (Lipinski definition) is 1. The molecule has 3 rings (SSSR count). The average molecular weight is 246 g/mol. The van der Waals surface area contributed by atoms with Crippen molar-refractivity contribution < 1.29 is 4.79 Å². The maximum absolute atomic E-state index is 11.8. The van der Waals surface area contributed by atoms with Crippen LogP contribution in [0.2, 0.25) is 0 Å². The fourth-order valence-corrected chi connectivity index (χ4v) is 2.96. The molecule has 0 saturated heterocycles. The molecule has 1 aromatic carbocycles. The maximum atomic E-state index is 11.8. The summed E-state index contributed by atoms with van der Waals surface area (Å²) in [6.07, 6.45) is 3.22. The second-order valence-electron chi connectivity index (χ2n) is 4.56. The zero-order chi connectivity index (χ0) is 11.8. The number of para-hydroxylation sites is 1. The summed E-state index contributed by atoms with van der Waals surface area (Å²) in [6, 6.07) is 6.10. The summed E-state index contributed by atoms with van der Waals surface area (Å²) >= 11 is 1.55. The minimum Gasteiger partial charge on any atom is -0.302 e. The Morgan fingerprint density at radius 1 is 1.47 bits per heavy atom. The molecule has 0 atom stereocenters. The van der Waals surface area contributed by atoms with E-state index in [0.717, 1.165) is 33.8 Å². The van der Waals surface area contributed by atoms with Crippen LogP contribution in [0.15, 0.2) is 18.2 Å². The molecule has 3 nitrogen and oxygen atoms in total. The van der Waals surface area contributed by atoms with Gasteiger partial charge in [0.15, 0.2) is 5.13 Å². The number of hydrogen-bond acceptors (Lipinski definition) is 3. The van der Waals surface area contributed by atoms with Gasteiger partial charge < -0.3 is 5.32 Å². The van der Waals surface area contributed by atoms with Gasteiger partial charge in [0.25, 0.3) is 0 Å². The molecule has 88 valence electrons. The zero-order valence-corrected chi connectivity index (χ0v) is 10.5. The van der Waals surface area contributed by atoms with Gasteiger partial charge in [-0.2, -0.15) is 0 Å². The van der Waals surface area contributed by atoms with Gasteiger partial charge in [-0.05, 0) is 31.4 Å². The van der Waals surface area contributed by atoms with Crippen molar-refractivity contribution in [1.82, 2.24) is 4.98 Å². The summed E-state index contributed by atoms with van der Waals surface area (Å²) in [6.45, 7) is 2.04. The number of aromatic nitrogens is 1. The largest absolute Gasteiger partial charge is 0.302 e. The highest BCUT2D eigenvalue weighted by Crippen LogP contribution is 2.31. The van der Waals surface area contributed by atoms with Crippen LogP contribution in [-0.4, -0.2) is 10.9 Å². The molecule has 17 heavy (non-hydrogen) atoms. The molecular weight excluding hydrogens is 232 g/mol. The standard InChI is InChI=1S/C13H14N2OS/c1-8-4-2-7-10-11(8)14-13(17-10)15-12(16)9-5-3-6-9/h2,4,7,9H,3,5-6H2,1H3,(H,14,15,16). The van der Waals surface area contributed by atoms with E-state index in [1.54, 1.807) is 11.3 Å². The monoisotopic (exact) mass is 246 g/mol. The second-order valence-corrected chi connectivity index (χ2v) is 5.59. The van der Waals surface area contributed by atoms with E-state index in [-0.39, 0.29) is 11.8 Å². The molecule has 0 unspecified atom stereocenters. The van der Waals surface area contributed by atoms with E-state index >= 15 is 0 Å². The predicted octanol–water partition coefficient (Wildman–Crippen LogP) is 3.34. The molecule has 0 spiro atoms. The van der Waals surface area contributed by atoms with Crippen molar-refractivity contribution in [3.8, 4) is 0 Å². The van der Waals surface area contributed by atoms with Crippen LogP contribution in [-0.2, 0) is 4.79 Å². The molecule has 1 aliphatic rings. The number of carbonyl (C=O) groups excluding carboxylic acids is 1. The third-order valence-electron chi connectivity index (χ3n) is 3.33. The molecule has 1 saturated carbocycles. The molecule has 0 bridgehead atoms. The Balaban J connectivity index is 1.85. The van der Waals surface area contributed by atoms with Gasteiger partial charge >= 0.3 is 0 Å². The van der Waals surface area contributed by atoms with Gasteiger partial charge in [-0.15, -0.1) is 0 Å².